The monoisotopic (exact) mass is 565 g/mol. The second kappa shape index (κ2) is 9.89. The second-order valence-electron chi connectivity index (χ2n) is 12.1. The highest BCUT2D eigenvalue weighted by molar-refractivity contribution is 6.16. The van der Waals surface area contributed by atoms with Crippen LogP contribution in [0.1, 0.15) is 41.8 Å². The minimum Gasteiger partial charge on any atom is -0.296 e. The summed E-state index contributed by atoms with van der Waals surface area (Å²) in [7, 11) is 0. The van der Waals surface area contributed by atoms with E-state index < -0.39 is 0 Å². The normalized spacial score (nSPS) is 17.9. The molecule has 0 N–H and O–H groups in total. The molecule has 0 radical (unpaired) electrons. The van der Waals surface area contributed by atoms with Crippen molar-refractivity contribution in [1.29, 1.82) is 0 Å². The second-order valence-corrected chi connectivity index (χ2v) is 12.1. The lowest BCUT2D eigenvalue weighted by Crippen LogP contribution is -2.15. The average Bonchev–Trinajstić information content (AvgIpc) is 3.47. The van der Waals surface area contributed by atoms with E-state index in [0.717, 1.165) is 46.4 Å². The predicted octanol–water partition coefficient (Wildman–Crippen LogP) is 10.2. The number of aromatic nitrogens is 3. The van der Waals surface area contributed by atoms with E-state index >= 15 is 0 Å². The van der Waals surface area contributed by atoms with Crippen LogP contribution in [-0.4, -0.2) is 14.5 Å². The number of pyridine rings is 1. The number of fused-ring (bicyclic) bond motifs is 7. The number of benzene rings is 5. The van der Waals surface area contributed by atoms with Crippen molar-refractivity contribution >= 4 is 55.3 Å². The lowest BCUT2D eigenvalue weighted by Gasteiger charge is -2.25. The van der Waals surface area contributed by atoms with Gasteiger partial charge in [-0.1, -0.05) is 116 Å². The highest BCUT2D eigenvalue weighted by Gasteiger charge is 2.27. The summed E-state index contributed by atoms with van der Waals surface area (Å²) < 4.78 is 2.33. The topological polar surface area (TPSA) is 30.7 Å². The van der Waals surface area contributed by atoms with Crippen LogP contribution in [0.5, 0.6) is 0 Å². The van der Waals surface area contributed by atoms with Gasteiger partial charge in [-0.3, -0.25) is 4.57 Å². The summed E-state index contributed by atoms with van der Waals surface area (Å²) in [4.78, 5) is 10.6. The van der Waals surface area contributed by atoms with Gasteiger partial charge in [-0.05, 0) is 59.5 Å². The molecule has 2 aliphatic carbocycles. The summed E-state index contributed by atoms with van der Waals surface area (Å²) in [6, 6.07) is 36.9. The van der Waals surface area contributed by atoms with Crippen LogP contribution in [0.4, 0.5) is 0 Å². The molecule has 210 valence electrons. The number of hydrogen-bond acceptors (Lipinski definition) is 2. The number of hydrogen-bond donors (Lipinski definition) is 0. The van der Waals surface area contributed by atoms with E-state index in [1.54, 1.807) is 0 Å². The Labute approximate surface area is 256 Å². The van der Waals surface area contributed by atoms with Gasteiger partial charge >= 0.3 is 0 Å². The first-order chi connectivity index (χ1) is 21.7. The third-order valence-electron chi connectivity index (χ3n) is 9.52. The van der Waals surface area contributed by atoms with E-state index in [0.29, 0.717) is 0 Å². The van der Waals surface area contributed by atoms with Gasteiger partial charge < -0.3 is 0 Å². The van der Waals surface area contributed by atoms with Crippen molar-refractivity contribution in [1.82, 2.24) is 14.5 Å². The number of rotatable bonds is 3. The van der Waals surface area contributed by atoms with Gasteiger partial charge in [0.2, 0.25) is 0 Å². The summed E-state index contributed by atoms with van der Waals surface area (Å²) in [6.07, 6.45) is 13.9. The molecule has 0 spiro atoms. The number of allylic oxidation sites excluding steroid dienone is 5. The van der Waals surface area contributed by atoms with Crippen LogP contribution >= 0.6 is 0 Å². The third-order valence-corrected chi connectivity index (χ3v) is 9.52. The Morgan fingerprint density at radius 2 is 1.50 bits per heavy atom. The third kappa shape index (κ3) is 3.82. The lowest BCUT2D eigenvalue weighted by molar-refractivity contribution is 0.599. The van der Waals surface area contributed by atoms with Crippen molar-refractivity contribution < 1.29 is 0 Å². The minimum atomic E-state index is 0.141. The van der Waals surface area contributed by atoms with E-state index in [2.05, 4.69) is 145 Å². The molecule has 0 fully saturated rings. The molecule has 44 heavy (non-hydrogen) atoms. The van der Waals surface area contributed by atoms with E-state index in [1.807, 2.05) is 0 Å². The van der Waals surface area contributed by atoms with Crippen LogP contribution in [0.15, 0.2) is 127 Å². The summed E-state index contributed by atoms with van der Waals surface area (Å²) in [5.41, 5.74) is 10.7. The fourth-order valence-corrected chi connectivity index (χ4v) is 7.39. The summed E-state index contributed by atoms with van der Waals surface area (Å²) in [5, 5.41) is 4.85. The number of imidazole rings is 1. The zero-order valence-corrected chi connectivity index (χ0v) is 24.6. The predicted molar refractivity (Wildman–Crippen MR) is 184 cm³/mol. The largest absolute Gasteiger partial charge is 0.296 e. The maximum atomic E-state index is 5.41. The van der Waals surface area contributed by atoms with Crippen LogP contribution in [0, 0.1) is 5.92 Å². The molecule has 7 aromatic rings. The molecule has 2 atom stereocenters. The smallest absolute Gasteiger partial charge is 0.122 e. The van der Waals surface area contributed by atoms with Crippen molar-refractivity contribution in [2.24, 2.45) is 5.92 Å². The molecule has 0 bridgehead atoms. The Morgan fingerprint density at radius 3 is 2.41 bits per heavy atom. The summed E-state index contributed by atoms with van der Waals surface area (Å²) >= 11 is 0. The minimum absolute atomic E-state index is 0.141. The van der Waals surface area contributed by atoms with Crippen LogP contribution in [0.3, 0.4) is 0 Å². The number of aryl methyl sites for hydroxylation is 1. The SMILES string of the molecule is CC1C=C(c2c3ccc4c(c3nc3c2ccc2ccccc23)C=CCC4)C=CC1c1nc2ccccc2n1-c1ccccc1. The number of nitrogens with zero attached hydrogens (tertiary/aromatic N) is 3. The molecule has 3 nitrogen and oxygen atoms in total. The Kier molecular flexibility index (Phi) is 5.67. The number of para-hydroxylation sites is 3. The molecule has 2 heterocycles. The van der Waals surface area contributed by atoms with Gasteiger partial charge in [0.05, 0.1) is 22.1 Å². The molecule has 2 aromatic heterocycles. The first-order valence-corrected chi connectivity index (χ1v) is 15.6. The molecule has 2 aliphatic rings. The quantitative estimate of drug-likeness (QED) is 0.158. The molecule has 9 rings (SSSR count). The first-order valence-electron chi connectivity index (χ1n) is 15.6. The van der Waals surface area contributed by atoms with Crippen molar-refractivity contribution in [3.63, 3.8) is 0 Å². The Morgan fingerprint density at radius 1 is 0.705 bits per heavy atom. The maximum absolute atomic E-state index is 5.41. The van der Waals surface area contributed by atoms with Gasteiger partial charge in [0.1, 0.15) is 5.82 Å². The first kappa shape index (κ1) is 25.2. The van der Waals surface area contributed by atoms with Gasteiger partial charge in [-0.25, -0.2) is 9.97 Å². The van der Waals surface area contributed by atoms with Gasteiger partial charge in [-0.15, -0.1) is 0 Å². The highest BCUT2D eigenvalue weighted by atomic mass is 15.1. The van der Waals surface area contributed by atoms with Gasteiger partial charge in [0.15, 0.2) is 0 Å². The van der Waals surface area contributed by atoms with E-state index in [4.69, 9.17) is 9.97 Å². The molecule has 0 amide bonds. The molecular formula is C41H31N3. The lowest BCUT2D eigenvalue weighted by atomic mass is 9.82. The molecule has 0 saturated carbocycles. The standard InChI is InChI=1S/C41H31N3/c1-26-25-29(21-22-31(26)41-42-36-17-9-10-18-37(36)44(41)30-13-3-2-4-14-30)38-34-23-19-27-11-5-7-15-32(27)39(34)43-40-33-16-8-6-12-28(33)20-24-35(38)40/h2-5,7-11,13-26,31H,6,12H2,1H3. The van der Waals surface area contributed by atoms with Gasteiger partial charge in [-0.2, -0.15) is 0 Å². The summed E-state index contributed by atoms with van der Waals surface area (Å²) in [6.45, 7) is 2.33. The zero-order valence-electron chi connectivity index (χ0n) is 24.6. The van der Waals surface area contributed by atoms with Crippen molar-refractivity contribution in [2.75, 3.05) is 0 Å². The molecule has 0 aliphatic heterocycles. The molecule has 0 saturated heterocycles. The Hall–Kier alpha value is -5.28. The van der Waals surface area contributed by atoms with Crippen LogP contribution in [0.2, 0.25) is 0 Å². The molecule has 3 heteroatoms. The van der Waals surface area contributed by atoms with Gasteiger partial charge in [0.25, 0.3) is 0 Å². The van der Waals surface area contributed by atoms with E-state index in [-0.39, 0.29) is 11.8 Å². The van der Waals surface area contributed by atoms with Crippen molar-refractivity contribution in [2.45, 2.75) is 25.7 Å². The van der Waals surface area contributed by atoms with Crippen LogP contribution < -0.4 is 0 Å². The average molecular weight is 566 g/mol. The highest BCUT2D eigenvalue weighted by Crippen LogP contribution is 2.43. The van der Waals surface area contributed by atoms with Crippen molar-refractivity contribution in [3.8, 4) is 5.69 Å². The Bertz CT molecular complexity index is 2350. The van der Waals surface area contributed by atoms with Crippen LogP contribution in [0.25, 0.3) is 60.9 Å². The Balaban J connectivity index is 1.25. The summed E-state index contributed by atoms with van der Waals surface area (Å²) in [5.74, 6) is 1.46. The fraction of sp³-hybridized carbons (Fsp3) is 0.122. The van der Waals surface area contributed by atoms with E-state index in [9.17, 15) is 0 Å². The fourth-order valence-electron chi connectivity index (χ4n) is 7.39. The van der Waals surface area contributed by atoms with Crippen LogP contribution in [-0.2, 0) is 6.42 Å². The van der Waals surface area contributed by atoms with Gasteiger partial charge in [0, 0.05) is 38.9 Å². The van der Waals surface area contributed by atoms with E-state index in [1.165, 1.54) is 43.8 Å². The molecular weight excluding hydrogens is 534 g/mol. The maximum Gasteiger partial charge on any atom is 0.122 e. The van der Waals surface area contributed by atoms with Crippen molar-refractivity contribution in [3.05, 3.63) is 150 Å². The molecule has 5 aromatic carbocycles. The molecule has 2 unspecified atom stereocenters. The zero-order chi connectivity index (χ0) is 29.2.